The van der Waals surface area contributed by atoms with Crippen LogP contribution in [0.1, 0.15) is 21.7 Å². The normalized spacial score (nSPS) is 10.2. The lowest BCUT2D eigenvalue weighted by Crippen LogP contribution is -2.07. The van der Waals surface area contributed by atoms with Crippen LogP contribution in [0.5, 0.6) is 0 Å². The molecule has 0 aromatic carbocycles. The Morgan fingerprint density at radius 3 is 2.76 bits per heavy atom. The third-order valence-corrected chi connectivity index (χ3v) is 2.91. The maximum atomic E-state index is 12.0. The second-order valence-corrected chi connectivity index (χ2v) is 4.62. The molecule has 0 aliphatic heterocycles. The van der Waals surface area contributed by atoms with Gasteiger partial charge in [0.05, 0.1) is 6.42 Å². The van der Waals surface area contributed by atoms with E-state index in [1.807, 2.05) is 19.1 Å². The number of Topliss-reactive ketones (excluding diaryl/α,β-unsaturated/α-hetero) is 1. The van der Waals surface area contributed by atoms with E-state index in [0.717, 1.165) is 15.9 Å². The molecule has 0 saturated heterocycles. The van der Waals surface area contributed by atoms with Gasteiger partial charge in [0.25, 0.3) is 0 Å². The number of nitrogens with zero attached hydrogens (tertiary/aromatic N) is 2. The van der Waals surface area contributed by atoms with Gasteiger partial charge >= 0.3 is 0 Å². The van der Waals surface area contributed by atoms with Gasteiger partial charge in [0, 0.05) is 33.8 Å². The van der Waals surface area contributed by atoms with Crippen molar-refractivity contribution in [2.24, 2.45) is 0 Å². The van der Waals surface area contributed by atoms with Crippen LogP contribution >= 0.6 is 15.9 Å². The first-order valence-corrected chi connectivity index (χ1v) is 6.01. The van der Waals surface area contributed by atoms with Crippen molar-refractivity contribution in [3.63, 3.8) is 0 Å². The Bertz CT molecular complexity index is 537. The lowest BCUT2D eigenvalue weighted by atomic mass is 10.1. The largest absolute Gasteiger partial charge is 0.294 e. The van der Waals surface area contributed by atoms with Gasteiger partial charge in [0.15, 0.2) is 5.78 Å². The van der Waals surface area contributed by atoms with E-state index in [0.29, 0.717) is 12.0 Å². The zero-order valence-electron chi connectivity index (χ0n) is 9.35. The molecule has 86 valence electrons. The molecule has 2 rings (SSSR count). The van der Waals surface area contributed by atoms with Crippen LogP contribution in [0.2, 0.25) is 0 Å². The average molecular weight is 291 g/mol. The van der Waals surface area contributed by atoms with Crippen molar-refractivity contribution in [3.8, 4) is 0 Å². The molecule has 4 heteroatoms. The van der Waals surface area contributed by atoms with Crippen LogP contribution < -0.4 is 0 Å². The first-order chi connectivity index (χ1) is 8.16. The minimum absolute atomic E-state index is 0.0467. The number of carbonyl (C=O) groups excluding carboxylic acids is 1. The Morgan fingerprint density at radius 2 is 2.12 bits per heavy atom. The molecule has 2 heterocycles. The van der Waals surface area contributed by atoms with Crippen molar-refractivity contribution >= 4 is 21.7 Å². The van der Waals surface area contributed by atoms with Crippen LogP contribution in [0.3, 0.4) is 0 Å². The lowest BCUT2D eigenvalue weighted by Gasteiger charge is -2.03. The van der Waals surface area contributed by atoms with Crippen LogP contribution in [0.15, 0.2) is 41.1 Å². The van der Waals surface area contributed by atoms with E-state index in [4.69, 9.17) is 0 Å². The first-order valence-electron chi connectivity index (χ1n) is 5.22. The Hall–Kier alpha value is -1.55. The predicted octanol–water partition coefficient (Wildman–Crippen LogP) is 2.97. The number of rotatable bonds is 3. The Balaban J connectivity index is 2.17. The van der Waals surface area contributed by atoms with E-state index in [9.17, 15) is 4.79 Å². The predicted molar refractivity (Wildman–Crippen MR) is 68.9 cm³/mol. The molecule has 0 aliphatic rings. The molecule has 0 radical (unpaired) electrons. The molecule has 3 nitrogen and oxygen atoms in total. The third kappa shape index (κ3) is 2.97. The van der Waals surface area contributed by atoms with Crippen molar-refractivity contribution in [2.45, 2.75) is 13.3 Å². The van der Waals surface area contributed by atoms with E-state index in [1.54, 1.807) is 24.5 Å². The molecule has 0 bridgehead atoms. The summed E-state index contributed by atoms with van der Waals surface area (Å²) in [6.07, 6.45) is 3.68. The van der Waals surface area contributed by atoms with Gasteiger partial charge in [-0.05, 0) is 47.1 Å². The molecule has 0 spiro atoms. The summed E-state index contributed by atoms with van der Waals surface area (Å²) >= 11 is 3.31. The fraction of sp³-hybridized carbons (Fsp3) is 0.154. The summed E-state index contributed by atoms with van der Waals surface area (Å²) in [4.78, 5) is 20.3. The summed E-state index contributed by atoms with van der Waals surface area (Å²) in [5.41, 5.74) is 2.19. The van der Waals surface area contributed by atoms with E-state index < -0.39 is 0 Å². The topological polar surface area (TPSA) is 42.9 Å². The van der Waals surface area contributed by atoms with Crippen molar-refractivity contribution in [1.82, 2.24) is 9.97 Å². The number of hydrogen-bond donors (Lipinski definition) is 0. The molecular formula is C13H11BrN2O. The Morgan fingerprint density at radius 1 is 1.29 bits per heavy atom. The summed E-state index contributed by atoms with van der Waals surface area (Å²) in [5, 5.41) is 0. The second-order valence-electron chi connectivity index (χ2n) is 3.70. The molecule has 0 fully saturated rings. The molecule has 0 aliphatic carbocycles. The smallest absolute Gasteiger partial charge is 0.170 e. The number of hydrogen-bond acceptors (Lipinski definition) is 3. The second kappa shape index (κ2) is 5.19. The van der Waals surface area contributed by atoms with Gasteiger partial charge in [-0.15, -0.1) is 0 Å². The molecule has 0 amide bonds. The SMILES string of the molecule is Cc1ncccc1C(=O)Cc1ccc(Br)cn1. The Labute approximate surface area is 108 Å². The van der Waals surface area contributed by atoms with Gasteiger partial charge in [-0.3, -0.25) is 14.8 Å². The first kappa shape index (κ1) is 11.9. The number of aryl methyl sites for hydroxylation is 1. The number of pyridine rings is 2. The molecule has 0 atom stereocenters. The van der Waals surface area contributed by atoms with Gasteiger partial charge < -0.3 is 0 Å². The van der Waals surface area contributed by atoms with Gasteiger partial charge in [0.2, 0.25) is 0 Å². The standard InChI is InChI=1S/C13H11BrN2O/c1-9-12(3-2-6-15-9)13(17)7-11-5-4-10(14)8-16-11/h2-6,8H,7H2,1H3. The van der Waals surface area contributed by atoms with Crippen molar-refractivity contribution in [3.05, 3.63) is 58.1 Å². The maximum Gasteiger partial charge on any atom is 0.170 e. The van der Waals surface area contributed by atoms with E-state index in [2.05, 4.69) is 25.9 Å². The van der Waals surface area contributed by atoms with Crippen molar-refractivity contribution in [1.29, 1.82) is 0 Å². The lowest BCUT2D eigenvalue weighted by molar-refractivity contribution is 0.0991. The number of aromatic nitrogens is 2. The minimum atomic E-state index is 0.0467. The van der Waals surface area contributed by atoms with Crippen molar-refractivity contribution in [2.75, 3.05) is 0 Å². The third-order valence-electron chi connectivity index (χ3n) is 2.44. The summed E-state index contributed by atoms with van der Waals surface area (Å²) in [5.74, 6) is 0.0467. The molecule has 2 aromatic heterocycles. The molecule has 0 saturated carbocycles. The molecule has 0 unspecified atom stereocenters. The summed E-state index contributed by atoms with van der Waals surface area (Å²) in [6, 6.07) is 7.29. The highest BCUT2D eigenvalue weighted by Gasteiger charge is 2.10. The minimum Gasteiger partial charge on any atom is -0.294 e. The highest BCUT2D eigenvalue weighted by Crippen LogP contribution is 2.11. The molecular weight excluding hydrogens is 280 g/mol. The van der Waals surface area contributed by atoms with Crippen LogP contribution in [-0.2, 0) is 6.42 Å². The molecule has 2 aromatic rings. The molecule has 17 heavy (non-hydrogen) atoms. The van der Waals surface area contributed by atoms with E-state index in [-0.39, 0.29) is 5.78 Å². The summed E-state index contributed by atoms with van der Waals surface area (Å²) in [7, 11) is 0. The highest BCUT2D eigenvalue weighted by atomic mass is 79.9. The number of halogens is 1. The zero-order valence-corrected chi connectivity index (χ0v) is 10.9. The number of carbonyl (C=O) groups is 1. The average Bonchev–Trinajstić information content (AvgIpc) is 2.32. The summed E-state index contributed by atoms with van der Waals surface area (Å²) in [6.45, 7) is 1.84. The number of ketones is 1. The van der Waals surface area contributed by atoms with Crippen LogP contribution in [-0.4, -0.2) is 15.8 Å². The molecule has 0 N–H and O–H groups in total. The highest BCUT2D eigenvalue weighted by molar-refractivity contribution is 9.10. The van der Waals surface area contributed by atoms with Gasteiger partial charge in [-0.25, -0.2) is 0 Å². The van der Waals surface area contributed by atoms with Crippen LogP contribution in [0.25, 0.3) is 0 Å². The summed E-state index contributed by atoms with van der Waals surface area (Å²) < 4.78 is 0.909. The monoisotopic (exact) mass is 290 g/mol. The van der Waals surface area contributed by atoms with E-state index in [1.165, 1.54) is 0 Å². The van der Waals surface area contributed by atoms with Gasteiger partial charge in [0.1, 0.15) is 0 Å². The Kier molecular flexibility index (Phi) is 3.64. The quantitative estimate of drug-likeness (QED) is 0.816. The van der Waals surface area contributed by atoms with Crippen LogP contribution in [0, 0.1) is 6.92 Å². The van der Waals surface area contributed by atoms with Gasteiger partial charge in [-0.2, -0.15) is 0 Å². The maximum absolute atomic E-state index is 12.0. The fourth-order valence-corrected chi connectivity index (χ4v) is 1.78. The zero-order chi connectivity index (χ0) is 12.3. The van der Waals surface area contributed by atoms with E-state index >= 15 is 0 Å². The van der Waals surface area contributed by atoms with Crippen molar-refractivity contribution < 1.29 is 4.79 Å². The van der Waals surface area contributed by atoms with Gasteiger partial charge in [-0.1, -0.05) is 0 Å². The fourth-order valence-electron chi connectivity index (χ4n) is 1.55. The van der Waals surface area contributed by atoms with Crippen LogP contribution in [0.4, 0.5) is 0 Å².